The number of aromatic amines is 1. The first-order valence-electron chi connectivity index (χ1n) is 7.04. The van der Waals surface area contributed by atoms with E-state index in [1.165, 1.54) is 0 Å². The smallest absolute Gasteiger partial charge is 0.179 e. The van der Waals surface area contributed by atoms with Crippen LogP contribution in [0.15, 0.2) is 0 Å². The van der Waals surface area contributed by atoms with E-state index in [1.54, 1.807) is 0 Å². The topological polar surface area (TPSA) is 38.5 Å². The summed E-state index contributed by atoms with van der Waals surface area (Å²) in [6, 6.07) is 0. The Bertz CT molecular complexity index is 630. The zero-order valence-electron chi connectivity index (χ0n) is 12.6. The number of nitrogens with one attached hydrogen (secondary N) is 1. The van der Waals surface area contributed by atoms with Gasteiger partial charge in [-0.25, -0.2) is 0 Å². The van der Waals surface area contributed by atoms with Crippen molar-refractivity contribution >= 4 is 23.4 Å². The van der Waals surface area contributed by atoms with Crippen molar-refractivity contribution in [3.8, 4) is 0 Å². The van der Waals surface area contributed by atoms with Gasteiger partial charge in [0.05, 0.1) is 5.69 Å². The molecule has 4 nitrogen and oxygen atoms in total. The van der Waals surface area contributed by atoms with Crippen LogP contribution >= 0.6 is 12.2 Å². The van der Waals surface area contributed by atoms with Gasteiger partial charge in [-0.1, -0.05) is 34.1 Å². The second-order valence-corrected chi connectivity index (χ2v) is 6.44. The number of nitrogens with zero attached hydrogens (tertiary/aromatic N) is 3. The SMILES string of the molecule is CCCc1nn(C)c2c1[nH]c(=S)n2CC(C)(C)CC. The minimum Gasteiger partial charge on any atom is -0.328 e. The van der Waals surface area contributed by atoms with E-state index in [2.05, 4.69) is 42.3 Å². The predicted molar refractivity (Wildman–Crippen MR) is 82.0 cm³/mol. The van der Waals surface area contributed by atoms with Crippen LogP contribution in [0, 0.1) is 10.2 Å². The van der Waals surface area contributed by atoms with Gasteiger partial charge in [0.25, 0.3) is 0 Å². The molecule has 0 atom stereocenters. The fraction of sp³-hybridized carbons (Fsp3) is 0.714. The first-order valence-corrected chi connectivity index (χ1v) is 7.45. The molecule has 2 heterocycles. The number of aryl methyl sites for hydroxylation is 2. The average molecular weight is 280 g/mol. The zero-order chi connectivity index (χ0) is 14.2. The Morgan fingerprint density at radius 1 is 1.32 bits per heavy atom. The number of imidazole rings is 1. The second-order valence-electron chi connectivity index (χ2n) is 6.05. The molecule has 1 N–H and O–H groups in total. The van der Waals surface area contributed by atoms with Crippen molar-refractivity contribution in [3.63, 3.8) is 0 Å². The molecule has 0 aliphatic rings. The molecule has 0 radical (unpaired) electrons. The molecule has 0 aliphatic carbocycles. The Morgan fingerprint density at radius 3 is 2.58 bits per heavy atom. The van der Waals surface area contributed by atoms with Crippen LogP contribution < -0.4 is 0 Å². The van der Waals surface area contributed by atoms with Gasteiger partial charge in [0.2, 0.25) is 0 Å². The van der Waals surface area contributed by atoms with E-state index in [1.807, 2.05) is 11.7 Å². The number of hydrogen-bond donors (Lipinski definition) is 1. The van der Waals surface area contributed by atoms with E-state index < -0.39 is 0 Å². The van der Waals surface area contributed by atoms with Gasteiger partial charge < -0.3 is 9.55 Å². The fourth-order valence-corrected chi connectivity index (χ4v) is 2.63. The van der Waals surface area contributed by atoms with Gasteiger partial charge in [-0.15, -0.1) is 0 Å². The van der Waals surface area contributed by atoms with Crippen LogP contribution in [-0.4, -0.2) is 19.3 Å². The molecule has 0 aromatic carbocycles. The standard InChI is InChI=1S/C14H24N4S/c1-6-8-10-11-12(17(5)16-10)18(13(19)15-11)9-14(3,4)7-2/h6-9H2,1-5H3,(H,15,19). The Kier molecular flexibility index (Phi) is 3.85. The summed E-state index contributed by atoms with van der Waals surface area (Å²) in [4.78, 5) is 3.34. The monoisotopic (exact) mass is 280 g/mol. The largest absolute Gasteiger partial charge is 0.328 e. The summed E-state index contributed by atoms with van der Waals surface area (Å²) in [5, 5.41) is 4.62. The molecule has 19 heavy (non-hydrogen) atoms. The van der Waals surface area contributed by atoms with E-state index in [0.29, 0.717) is 0 Å². The van der Waals surface area contributed by atoms with Gasteiger partial charge in [0, 0.05) is 13.6 Å². The lowest BCUT2D eigenvalue weighted by molar-refractivity contribution is 0.295. The maximum Gasteiger partial charge on any atom is 0.179 e. The molecule has 2 rings (SSSR count). The van der Waals surface area contributed by atoms with E-state index in [0.717, 1.165) is 47.4 Å². The third-order valence-corrected chi connectivity index (χ3v) is 4.17. The summed E-state index contributed by atoms with van der Waals surface area (Å²) in [6.45, 7) is 9.87. The molecule has 0 spiro atoms. The molecule has 106 valence electrons. The van der Waals surface area contributed by atoms with Crippen molar-refractivity contribution in [1.29, 1.82) is 0 Å². The first kappa shape index (κ1) is 14.3. The van der Waals surface area contributed by atoms with Crippen molar-refractivity contribution in [2.45, 2.75) is 53.5 Å². The maximum atomic E-state index is 5.49. The van der Waals surface area contributed by atoms with Crippen LogP contribution in [0.3, 0.4) is 0 Å². The summed E-state index contributed by atoms with van der Waals surface area (Å²) in [7, 11) is 2.00. The molecular formula is C14H24N4S. The van der Waals surface area contributed by atoms with Crippen molar-refractivity contribution in [3.05, 3.63) is 10.5 Å². The van der Waals surface area contributed by atoms with Gasteiger partial charge in [0.15, 0.2) is 10.4 Å². The molecule has 0 bridgehead atoms. The van der Waals surface area contributed by atoms with Crippen molar-refractivity contribution in [2.24, 2.45) is 12.5 Å². The van der Waals surface area contributed by atoms with Crippen LogP contribution in [0.4, 0.5) is 0 Å². The second kappa shape index (κ2) is 5.12. The van der Waals surface area contributed by atoms with Crippen LogP contribution in [0.25, 0.3) is 11.2 Å². The molecule has 2 aromatic heterocycles. The Morgan fingerprint density at radius 2 is 2.00 bits per heavy atom. The van der Waals surface area contributed by atoms with Gasteiger partial charge in [0.1, 0.15) is 5.52 Å². The first-order chi connectivity index (χ1) is 8.89. The van der Waals surface area contributed by atoms with Crippen LogP contribution in [0.1, 0.15) is 46.2 Å². The summed E-state index contributed by atoms with van der Waals surface area (Å²) >= 11 is 5.49. The number of aromatic nitrogens is 4. The van der Waals surface area contributed by atoms with E-state index in [-0.39, 0.29) is 5.41 Å². The Hall–Kier alpha value is -1.10. The highest BCUT2D eigenvalue weighted by Crippen LogP contribution is 2.26. The molecule has 0 saturated carbocycles. The quantitative estimate of drug-likeness (QED) is 0.846. The summed E-state index contributed by atoms with van der Waals surface area (Å²) in [5.74, 6) is 0. The lowest BCUT2D eigenvalue weighted by atomic mass is 9.90. The van der Waals surface area contributed by atoms with Gasteiger partial charge in [-0.05, 0) is 30.5 Å². The molecule has 0 unspecified atom stereocenters. The normalized spacial score (nSPS) is 12.5. The van der Waals surface area contributed by atoms with Gasteiger partial charge in [-0.2, -0.15) is 5.10 Å². The highest BCUT2D eigenvalue weighted by molar-refractivity contribution is 7.71. The fourth-order valence-electron chi connectivity index (χ4n) is 2.38. The molecule has 2 aromatic rings. The molecule has 0 fully saturated rings. The predicted octanol–water partition coefficient (Wildman–Crippen LogP) is 3.82. The van der Waals surface area contributed by atoms with E-state index >= 15 is 0 Å². The number of hydrogen-bond acceptors (Lipinski definition) is 2. The van der Waals surface area contributed by atoms with Crippen LogP contribution in [0.2, 0.25) is 0 Å². The van der Waals surface area contributed by atoms with Crippen molar-refractivity contribution in [2.75, 3.05) is 0 Å². The minimum atomic E-state index is 0.239. The third kappa shape index (κ3) is 2.61. The zero-order valence-corrected chi connectivity index (χ0v) is 13.4. The molecule has 5 heteroatoms. The third-order valence-electron chi connectivity index (χ3n) is 3.85. The van der Waals surface area contributed by atoms with Gasteiger partial charge in [-0.3, -0.25) is 4.68 Å². The van der Waals surface area contributed by atoms with Crippen LogP contribution in [-0.2, 0) is 20.0 Å². The van der Waals surface area contributed by atoms with Crippen LogP contribution in [0.5, 0.6) is 0 Å². The molecular weight excluding hydrogens is 256 g/mol. The Balaban J connectivity index is 2.56. The summed E-state index contributed by atoms with van der Waals surface area (Å²) < 4.78 is 4.96. The molecule has 0 aliphatic heterocycles. The lowest BCUT2D eigenvalue weighted by Gasteiger charge is -2.23. The number of fused-ring (bicyclic) bond motifs is 1. The highest BCUT2D eigenvalue weighted by Gasteiger charge is 2.21. The van der Waals surface area contributed by atoms with Crippen molar-refractivity contribution < 1.29 is 0 Å². The van der Waals surface area contributed by atoms with E-state index in [4.69, 9.17) is 12.2 Å². The molecule has 0 saturated heterocycles. The maximum absolute atomic E-state index is 5.49. The Labute approximate surface area is 119 Å². The van der Waals surface area contributed by atoms with Gasteiger partial charge >= 0.3 is 0 Å². The number of rotatable bonds is 5. The lowest BCUT2D eigenvalue weighted by Crippen LogP contribution is -2.19. The molecule has 0 amide bonds. The summed E-state index contributed by atoms with van der Waals surface area (Å²) in [5.41, 5.74) is 3.60. The highest BCUT2D eigenvalue weighted by atomic mass is 32.1. The average Bonchev–Trinajstić information content (AvgIpc) is 2.80. The van der Waals surface area contributed by atoms with Crippen molar-refractivity contribution in [1.82, 2.24) is 19.3 Å². The minimum absolute atomic E-state index is 0.239. The summed E-state index contributed by atoms with van der Waals surface area (Å²) in [6.07, 6.45) is 3.21. The number of H-pyrrole nitrogens is 1. The van der Waals surface area contributed by atoms with E-state index in [9.17, 15) is 0 Å².